The van der Waals surface area contributed by atoms with E-state index in [1.165, 1.54) is 0 Å². The molecule has 0 aliphatic rings. The van der Waals surface area contributed by atoms with Crippen molar-refractivity contribution >= 4 is 0 Å². The molecule has 62 valence electrons. The zero-order valence-corrected chi connectivity index (χ0v) is 6.03. The van der Waals surface area contributed by atoms with Crippen molar-refractivity contribution in [1.29, 1.82) is 0 Å². The van der Waals surface area contributed by atoms with Crippen LogP contribution in [-0.4, -0.2) is 0 Å². The number of rotatable bonds is 0. The van der Waals surface area contributed by atoms with Gasteiger partial charge >= 0.3 is 37.7 Å². The monoisotopic (exact) mass is 303 g/mol. The Morgan fingerprint density at radius 1 is 0.700 bits per heavy atom. The van der Waals surface area contributed by atoms with E-state index in [0.29, 0.717) is 0 Å². The molecule has 0 N–H and O–H groups in total. The van der Waals surface area contributed by atoms with E-state index in [0.717, 1.165) is 16.0 Å². The van der Waals surface area contributed by atoms with Gasteiger partial charge in [-0.2, -0.15) is 0 Å². The molecule has 0 aliphatic heterocycles. The standard InChI is InChI=1S/Ho.3HNO2/c;3*2-1-3/h;3*(H,2,3)/q+3;;;/p-3. The molecule has 10 heteroatoms. The van der Waals surface area contributed by atoms with Gasteiger partial charge in [-0.15, -0.1) is 16.0 Å². The average Bonchev–Trinajstić information content (AvgIpc) is 1.70. The van der Waals surface area contributed by atoms with Crippen LogP contribution in [0.5, 0.6) is 0 Å². The molecule has 0 aromatic heterocycles. The van der Waals surface area contributed by atoms with Crippen molar-refractivity contribution < 1.29 is 37.7 Å². The molecule has 0 fully saturated rings. The van der Waals surface area contributed by atoms with Gasteiger partial charge in [0.1, 0.15) is 0 Å². The maximum absolute atomic E-state index is 8.00. The second-order valence-electron chi connectivity index (χ2n) is 0.224. The van der Waals surface area contributed by atoms with Crippen molar-refractivity contribution in [3.8, 4) is 0 Å². The van der Waals surface area contributed by atoms with Crippen LogP contribution in [0.4, 0.5) is 0 Å². The van der Waals surface area contributed by atoms with Crippen molar-refractivity contribution in [2.75, 3.05) is 0 Å². The summed E-state index contributed by atoms with van der Waals surface area (Å²) < 4.78 is 0. The van der Waals surface area contributed by atoms with E-state index in [2.05, 4.69) is 0 Å². The summed E-state index contributed by atoms with van der Waals surface area (Å²) >= 11 is 0. The number of nitrogens with zero attached hydrogens (tertiary/aromatic N) is 3. The first-order chi connectivity index (χ1) is 4.24. The molecule has 0 radical (unpaired) electrons. The van der Waals surface area contributed by atoms with Crippen LogP contribution >= 0.6 is 0 Å². The summed E-state index contributed by atoms with van der Waals surface area (Å²) in [6, 6.07) is 0. The molecule has 0 aromatic carbocycles. The molecule has 0 unspecified atom stereocenters. The van der Waals surface area contributed by atoms with Crippen LogP contribution in [0.1, 0.15) is 0 Å². The van der Waals surface area contributed by atoms with Crippen molar-refractivity contribution in [2.24, 2.45) is 16.0 Å². The molecular weight excluding hydrogens is 303 g/mol. The van der Waals surface area contributed by atoms with E-state index in [4.69, 9.17) is 30.3 Å². The Labute approximate surface area is 83.8 Å². The number of hydrogen-bond donors (Lipinski definition) is 0. The third kappa shape index (κ3) is 1070. The Kier molecular flexibility index (Phi) is 177. The smallest absolute Gasteiger partial charge is 0.444 e. The van der Waals surface area contributed by atoms with Gasteiger partial charge in [0.15, 0.2) is 0 Å². The minimum Gasteiger partial charge on any atom is -0.444 e. The fourth-order valence-electron chi connectivity index (χ4n) is 0. The maximum atomic E-state index is 8.00. The molecule has 0 heterocycles. The summed E-state index contributed by atoms with van der Waals surface area (Å²) in [5, 5.41) is 27.0. The van der Waals surface area contributed by atoms with Crippen molar-refractivity contribution in [3.63, 3.8) is 0 Å². The van der Waals surface area contributed by atoms with Gasteiger partial charge in [-0.3, -0.25) is 0 Å². The molecule has 0 amide bonds. The van der Waals surface area contributed by atoms with E-state index in [1.54, 1.807) is 0 Å². The average molecular weight is 303 g/mol. The van der Waals surface area contributed by atoms with Gasteiger partial charge in [-0.25, -0.2) is 0 Å². The fraction of sp³-hybridized carbons (Fsp3) is 0. The van der Waals surface area contributed by atoms with Crippen molar-refractivity contribution in [3.05, 3.63) is 30.3 Å². The third-order valence-electron chi connectivity index (χ3n) is 0. The first kappa shape index (κ1) is 22.7. The second-order valence-corrected chi connectivity index (χ2v) is 0.224. The molecule has 0 spiro atoms. The van der Waals surface area contributed by atoms with Crippen LogP contribution in [0.2, 0.25) is 0 Å². The van der Waals surface area contributed by atoms with Gasteiger partial charge in [0.25, 0.3) is 0 Å². The molecule has 0 aliphatic carbocycles. The van der Waals surface area contributed by atoms with Crippen LogP contribution in [-0.2, 0) is 0 Å². The Bertz CT molecular complexity index is 49.7. The van der Waals surface area contributed by atoms with Gasteiger partial charge in [0.05, 0.1) is 0 Å². The minimum atomic E-state index is 0. The summed E-state index contributed by atoms with van der Waals surface area (Å²) in [5.74, 6) is 0. The quantitative estimate of drug-likeness (QED) is 0.365. The minimum absolute atomic E-state index is 0. The van der Waals surface area contributed by atoms with Gasteiger partial charge in [-0.1, -0.05) is 0 Å². The topological polar surface area (TPSA) is 157 Å². The molecule has 10 heavy (non-hydrogen) atoms. The van der Waals surface area contributed by atoms with Gasteiger partial charge in [-0.05, 0) is 0 Å². The van der Waals surface area contributed by atoms with E-state index in [9.17, 15) is 0 Å². The van der Waals surface area contributed by atoms with Crippen molar-refractivity contribution in [1.82, 2.24) is 0 Å². The van der Waals surface area contributed by atoms with Crippen molar-refractivity contribution in [2.45, 2.75) is 0 Å². The molecule has 0 bridgehead atoms. The first-order valence-corrected chi connectivity index (χ1v) is 1.10. The molecule has 9 nitrogen and oxygen atoms in total. The number of hydrogen-bond acceptors (Lipinski definition) is 9. The summed E-state index contributed by atoms with van der Waals surface area (Å²) in [6.07, 6.45) is 0. The fourth-order valence-corrected chi connectivity index (χ4v) is 0. The predicted molar refractivity (Wildman–Crippen MR) is 27.5 cm³/mol. The largest absolute Gasteiger partial charge is 3.00 e. The van der Waals surface area contributed by atoms with Gasteiger partial charge in [0, 0.05) is 0 Å². The normalized spacial score (nSPS) is 3.60. The van der Waals surface area contributed by atoms with Crippen LogP contribution in [0.25, 0.3) is 0 Å². The summed E-state index contributed by atoms with van der Waals surface area (Å²) in [7, 11) is 0. The Balaban J connectivity index is -0.0000000257. The Hall–Kier alpha value is -0.540. The van der Waals surface area contributed by atoms with E-state index < -0.39 is 0 Å². The summed E-state index contributed by atoms with van der Waals surface area (Å²) in [5.41, 5.74) is 0. The van der Waals surface area contributed by atoms with Crippen LogP contribution in [0.3, 0.4) is 0 Å². The zero-order valence-electron chi connectivity index (χ0n) is 4.09. The van der Waals surface area contributed by atoms with Gasteiger partial charge in [0.2, 0.25) is 0 Å². The molecule has 0 saturated heterocycles. The summed E-state index contributed by atoms with van der Waals surface area (Å²) in [6.45, 7) is 0. The van der Waals surface area contributed by atoms with Crippen LogP contribution in [0, 0.1) is 68.1 Å². The Morgan fingerprint density at radius 2 is 0.700 bits per heavy atom. The Morgan fingerprint density at radius 3 is 0.700 bits per heavy atom. The third-order valence-corrected chi connectivity index (χ3v) is 0. The van der Waals surface area contributed by atoms with Gasteiger partial charge < -0.3 is 30.3 Å². The molecule has 0 aromatic rings. The van der Waals surface area contributed by atoms with E-state index in [1.807, 2.05) is 0 Å². The first-order valence-electron chi connectivity index (χ1n) is 1.10. The molecule has 0 rings (SSSR count). The van der Waals surface area contributed by atoms with E-state index >= 15 is 0 Å². The molecule has 0 saturated carbocycles. The van der Waals surface area contributed by atoms with Crippen LogP contribution < -0.4 is 0 Å². The SMILES string of the molecule is O=N[O-].O=N[O-].O=N[O-].[Ho+3]. The summed E-state index contributed by atoms with van der Waals surface area (Å²) in [4.78, 5) is 24.0. The van der Waals surface area contributed by atoms with Crippen LogP contribution in [0.15, 0.2) is 16.0 Å². The van der Waals surface area contributed by atoms with E-state index in [-0.39, 0.29) is 37.7 Å². The predicted octanol–water partition coefficient (Wildman–Crippen LogP) is 0.752. The second kappa shape index (κ2) is 77.8. The molecule has 0 atom stereocenters. The maximum Gasteiger partial charge on any atom is 3.00 e. The zero-order chi connectivity index (χ0) is 8.12. The molecular formula is HoN3O6.